The quantitative estimate of drug-likeness (QED) is 0.574. The van der Waals surface area contributed by atoms with E-state index in [1.165, 1.54) is 11.3 Å². The summed E-state index contributed by atoms with van der Waals surface area (Å²) in [5.74, 6) is 0.0834. The number of aromatic nitrogens is 2. The number of nitrogens with one attached hydrogen (secondary N) is 2. The second-order valence-electron chi connectivity index (χ2n) is 6.06. The zero-order valence-electron chi connectivity index (χ0n) is 15.8. The highest BCUT2D eigenvalue weighted by Crippen LogP contribution is 2.17. The van der Waals surface area contributed by atoms with Gasteiger partial charge in [-0.15, -0.1) is 10.2 Å². The van der Waals surface area contributed by atoms with E-state index in [0.717, 1.165) is 42.9 Å². The lowest BCUT2D eigenvalue weighted by Crippen LogP contribution is -2.32. The maximum absolute atomic E-state index is 12.1. The average Bonchev–Trinajstić information content (AvgIpc) is 3.12. The van der Waals surface area contributed by atoms with Crippen molar-refractivity contribution in [2.24, 2.45) is 0 Å². The number of ether oxygens (including phenoxy) is 1. The lowest BCUT2D eigenvalue weighted by molar-refractivity contribution is -0.115. The highest BCUT2D eigenvalue weighted by atomic mass is 32.1. The number of hydrogen-bond donors (Lipinski definition) is 2. The molecule has 2 rings (SSSR count). The van der Waals surface area contributed by atoms with Gasteiger partial charge in [0.25, 0.3) is 5.91 Å². The molecule has 0 bridgehead atoms. The van der Waals surface area contributed by atoms with Crippen LogP contribution in [-0.4, -0.2) is 35.2 Å². The van der Waals surface area contributed by atoms with Gasteiger partial charge in [-0.2, -0.15) is 0 Å². The summed E-state index contributed by atoms with van der Waals surface area (Å²) in [5.41, 5.74) is 0.475. The Labute approximate surface area is 163 Å². The smallest absolute Gasteiger partial charge is 0.251 e. The molecule has 2 N–H and O–H groups in total. The summed E-state index contributed by atoms with van der Waals surface area (Å²) in [6.45, 7) is 4.74. The molecule has 1 heterocycles. The third-order valence-corrected chi connectivity index (χ3v) is 4.65. The van der Waals surface area contributed by atoms with Crippen molar-refractivity contribution in [3.8, 4) is 5.75 Å². The van der Waals surface area contributed by atoms with Gasteiger partial charge in [0, 0.05) is 12.0 Å². The molecule has 0 aliphatic carbocycles. The van der Waals surface area contributed by atoms with Crippen LogP contribution in [0.3, 0.4) is 0 Å². The largest absolute Gasteiger partial charge is 0.494 e. The molecule has 2 amide bonds. The Hall–Kier alpha value is -2.48. The van der Waals surface area contributed by atoms with Crippen LogP contribution >= 0.6 is 11.3 Å². The summed E-state index contributed by atoms with van der Waals surface area (Å²) in [7, 11) is 0. The standard InChI is InChI=1S/C19H26N4O3S/c1-3-5-7-17-22-23-19(27-17)21-16(24)13-20-18(25)14-8-10-15(11-9-14)26-12-6-4-2/h8-11H,3-7,12-13H2,1-2H3,(H,20,25)(H,21,23,24). The van der Waals surface area contributed by atoms with Gasteiger partial charge >= 0.3 is 0 Å². The van der Waals surface area contributed by atoms with Gasteiger partial charge in [0.2, 0.25) is 11.0 Å². The number of aryl methyl sites for hydroxylation is 1. The van der Waals surface area contributed by atoms with Gasteiger partial charge in [0.15, 0.2) is 0 Å². The molecule has 2 aromatic rings. The molecule has 8 heteroatoms. The van der Waals surface area contributed by atoms with Crippen molar-refractivity contribution >= 4 is 28.3 Å². The summed E-state index contributed by atoms with van der Waals surface area (Å²) in [5, 5.41) is 14.6. The Morgan fingerprint density at radius 2 is 1.81 bits per heavy atom. The third-order valence-electron chi connectivity index (χ3n) is 3.75. The highest BCUT2D eigenvalue weighted by Gasteiger charge is 2.11. The first-order chi connectivity index (χ1) is 13.1. The van der Waals surface area contributed by atoms with E-state index >= 15 is 0 Å². The van der Waals surface area contributed by atoms with Crippen molar-refractivity contribution in [3.05, 3.63) is 34.8 Å². The first-order valence-electron chi connectivity index (χ1n) is 9.25. The molecule has 0 radical (unpaired) electrons. The predicted molar refractivity (Wildman–Crippen MR) is 106 cm³/mol. The van der Waals surface area contributed by atoms with E-state index in [1.54, 1.807) is 24.3 Å². The first kappa shape index (κ1) is 20.8. The van der Waals surface area contributed by atoms with Gasteiger partial charge in [0.05, 0.1) is 13.2 Å². The van der Waals surface area contributed by atoms with E-state index in [9.17, 15) is 9.59 Å². The fraction of sp³-hybridized carbons (Fsp3) is 0.474. The molecule has 0 saturated carbocycles. The predicted octanol–water partition coefficient (Wildman–Crippen LogP) is 3.43. The molecule has 0 spiro atoms. The number of hydrogen-bond acceptors (Lipinski definition) is 6. The van der Waals surface area contributed by atoms with Gasteiger partial charge in [-0.3, -0.25) is 14.9 Å². The highest BCUT2D eigenvalue weighted by molar-refractivity contribution is 7.15. The average molecular weight is 391 g/mol. The van der Waals surface area contributed by atoms with E-state index in [1.807, 2.05) is 0 Å². The number of carbonyl (C=O) groups excluding carboxylic acids is 2. The molecule has 0 fully saturated rings. The van der Waals surface area contributed by atoms with Gasteiger partial charge in [-0.25, -0.2) is 0 Å². The number of unbranched alkanes of at least 4 members (excludes halogenated alkanes) is 2. The number of amides is 2. The molecule has 0 aliphatic heterocycles. The molecule has 7 nitrogen and oxygen atoms in total. The van der Waals surface area contributed by atoms with Crippen LogP contribution in [0.25, 0.3) is 0 Å². The van der Waals surface area contributed by atoms with Crippen LogP contribution in [0.4, 0.5) is 5.13 Å². The van der Waals surface area contributed by atoms with Crippen LogP contribution in [0.2, 0.25) is 0 Å². The van der Waals surface area contributed by atoms with Gasteiger partial charge < -0.3 is 10.1 Å². The zero-order valence-corrected chi connectivity index (χ0v) is 16.6. The molecule has 1 aromatic carbocycles. The van der Waals surface area contributed by atoms with Crippen LogP contribution < -0.4 is 15.4 Å². The summed E-state index contributed by atoms with van der Waals surface area (Å²) in [6.07, 6.45) is 5.05. The van der Waals surface area contributed by atoms with E-state index in [-0.39, 0.29) is 18.4 Å². The Kier molecular flexibility index (Phi) is 8.70. The molecule has 1 aromatic heterocycles. The third kappa shape index (κ3) is 7.34. The Morgan fingerprint density at radius 1 is 1.07 bits per heavy atom. The fourth-order valence-electron chi connectivity index (χ4n) is 2.20. The van der Waals surface area contributed by atoms with E-state index in [0.29, 0.717) is 17.3 Å². The molecular weight excluding hydrogens is 364 g/mol. The summed E-state index contributed by atoms with van der Waals surface area (Å²) >= 11 is 1.36. The molecule has 0 aliphatic rings. The fourth-order valence-corrected chi connectivity index (χ4v) is 2.99. The molecule has 146 valence electrons. The van der Waals surface area contributed by atoms with Crippen LogP contribution in [0.1, 0.15) is 54.9 Å². The zero-order chi connectivity index (χ0) is 19.5. The van der Waals surface area contributed by atoms with Crippen molar-refractivity contribution in [1.29, 1.82) is 0 Å². The van der Waals surface area contributed by atoms with Crippen molar-refractivity contribution in [2.75, 3.05) is 18.5 Å². The number of benzene rings is 1. The molecule has 0 saturated heterocycles. The summed E-state index contributed by atoms with van der Waals surface area (Å²) < 4.78 is 5.56. The van der Waals surface area contributed by atoms with Crippen LogP contribution in [0, 0.1) is 0 Å². The van der Waals surface area contributed by atoms with Gasteiger partial charge in [-0.05, 0) is 37.1 Å². The van der Waals surface area contributed by atoms with Crippen LogP contribution in [0.15, 0.2) is 24.3 Å². The molecule has 0 unspecified atom stereocenters. The lowest BCUT2D eigenvalue weighted by atomic mass is 10.2. The summed E-state index contributed by atoms with van der Waals surface area (Å²) in [4.78, 5) is 24.1. The maximum atomic E-state index is 12.1. The number of anilines is 1. The van der Waals surface area contributed by atoms with E-state index in [2.05, 4.69) is 34.7 Å². The number of rotatable bonds is 11. The number of carbonyl (C=O) groups is 2. The number of nitrogens with zero attached hydrogens (tertiary/aromatic N) is 2. The Bertz CT molecular complexity index is 731. The first-order valence-corrected chi connectivity index (χ1v) is 10.1. The Balaban J connectivity index is 1.75. The topological polar surface area (TPSA) is 93.2 Å². The minimum atomic E-state index is -0.332. The SMILES string of the molecule is CCCCOc1ccc(C(=O)NCC(=O)Nc2nnc(CCCC)s2)cc1. The second kappa shape index (κ2) is 11.3. The van der Waals surface area contributed by atoms with Crippen molar-refractivity contribution in [3.63, 3.8) is 0 Å². The summed E-state index contributed by atoms with van der Waals surface area (Å²) in [6, 6.07) is 6.87. The Morgan fingerprint density at radius 3 is 2.52 bits per heavy atom. The monoisotopic (exact) mass is 390 g/mol. The van der Waals surface area contributed by atoms with Crippen molar-refractivity contribution in [1.82, 2.24) is 15.5 Å². The minimum Gasteiger partial charge on any atom is -0.494 e. The maximum Gasteiger partial charge on any atom is 0.251 e. The van der Waals surface area contributed by atoms with Crippen LogP contribution in [0.5, 0.6) is 5.75 Å². The minimum absolute atomic E-state index is 0.128. The molecule has 27 heavy (non-hydrogen) atoms. The van der Waals surface area contributed by atoms with E-state index in [4.69, 9.17) is 4.74 Å². The van der Waals surface area contributed by atoms with Crippen LogP contribution in [-0.2, 0) is 11.2 Å². The molecular formula is C19H26N4O3S. The second-order valence-corrected chi connectivity index (χ2v) is 7.12. The van der Waals surface area contributed by atoms with E-state index < -0.39 is 0 Å². The van der Waals surface area contributed by atoms with Crippen molar-refractivity contribution in [2.45, 2.75) is 46.0 Å². The van der Waals surface area contributed by atoms with Gasteiger partial charge in [-0.1, -0.05) is 38.0 Å². The molecule has 0 atom stereocenters. The van der Waals surface area contributed by atoms with Crippen molar-refractivity contribution < 1.29 is 14.3 Å². The van der Waals surface area contributed by atoms with Gasteiger partial charge in [0.1, 0.15) is 10.8 Å². The normalized spacial score (nSPS) is 10.4. The lowest BCUT2D eigenvalue weighted by Gasteiger charge is -2.07.